The average Bonchev–Trinajstić information content (AvgIpc) is 2.34. The predicted octanol–water partition coefficient (Wildman–Crippen LogP) is 3.37. The van der Waals surface area contributed by atoms with Gasteiger partial charge in [0.1, 0.15) is 6.10 Å². The SMILES string of the molecule is Cc1cnc(C(O)Cc2c(Cl)cccc2Cl)cn1. The fourth-order valence-corrected chi connectivity index (χ4v) is 2.15. The summed E-state index contributed by atoms with van der Waals surface area (Å²) in [5, 5.41) is 11.2. The van der Waals surface area contributed by atoms with Crippen molar-refractivity contribution < 1.29 is 5.11 Å². The van der Waals surface area contributed by atoms with E-state index >= 15 is 0 Å². The Morgan fingerprint density at radius 3 is 2.39 bits per heavy atom. The van der Waals surface area contributed by atoms with Gasteiger partial charge in [0.25, 0.3) is 0 Å². The minimum absolute atomic E-state index is 0.316. The molecule has 1 unspecified atom stereocenters. The molecule has 0 fully saturated rings. The number of nitrogens with zero attached hydrogens (tertiary/aromatic N) is 2. The number of aliphatic hydroxyl groups excluding tert-OH is 1. The van der Waals surface area contributed by atoms with Crippen molar-refractivity contribution in [2.75, 3.05) is 0 Å². The fraction of sp³-hybridized carbons (Fsp3) is 0.231. The van der Waals surface area contributed by atoms with E-state index in [9.17, 15) is 5.11 Å². The summed E-state index contributed by atoms with van der Waals surface area (Å²) < 4.78 is 0. The number of aliphatic hydroxyl groups is 1. The van der Waals surface area contributed by atoms with Crippen LogP contribution in [-0.4, -0.2) is 15.1 Å². The van der Waals surface area contributed by atoms with Gasteiger partial charge in [0.2, 0.25) is 0 Å². The van der Waals surface area contributed by atoms with Gasteiger partial charge in [-0.3, -0.25) is 9.97 Å². The Kier molecular flexibility index (Phi) is 4.17. The number of hydrogen-bond donors (Lipinski definition) is 1. The van der Waals surface area contributed by atoms with E-state index in [2.05, 4.69) is 9.97 Å². The van der Waals surface area contributed by atoms with Crippen molar-refractivity contribution >= 4 is 23.2 Å². The molecule has 3 nitrogen and oxygen atoms in total. The summed E-state index contributed by atoms with van der Waals surface area (Å²) in [4.78, 5) is 8.23. The maximum Gasteiger partial charge on any atom is 0.102 e. The normalized spacial score (nSPS) is 12.4. The van der Waals surface area contributed by atoms with Gasteiger partial charge in [0, 0.05) is 22.7 Å². The van der Waals surface area contributed by atoms with Gasteiger partial charge in [0.15, 0.2) is 0 Å². The molecule has 1 heterocycles. The lowest BCUT2D eigenvalue weighted by Crippen LogP contribution is -2.06. The summed E-state index contributed by atoms with van der Waals surface area (Å²) >= 11 is 12.1. The van der Waals surface area contributed by atoms with E-state index in [1.54, 1.807) is 30.6 Å². The molecule has 94 valence electrons. The van der Waals surface area contributed by atoms with E-state index in [4.69, 9.17) is 23.2 Å². The van der Waals surface area contributed by atoms with Gasteiger partial charge in [-0.1, -0.05) is 29.3 Å². The van der Waals surface area contributed by atoms with Gasteiger partial charge >= 0.3 is 0 Å². The summed E-state index contributed by atoms with van der Waals surface area (Å²) in [5.74, 6) is 0. The minimum Gasteiger partial charge on any atom is -0.386 e. The van der Waals surface area contributed by atoms with Gasteiger partial charge in [-0.05, 0) is 24.6 Å². The lowest BCUT2D eigenvalue weighted by Gasteiger charge is -2.12. The summed E-state index contributed by atoms with van der Waals surface area (Å²) in [5.41, 5.74) is 2.04. The van der Waals surface area contributed by atoms with Crippen molar-refractivity contribution in [1.29, 1.82) is 0 Å². The lowest BCUT2D eigenvalue weighted by atomic mass is 10.1. The molecule has 0 saturated heterocycles. The van der Waals surface area contributed by atoms with Crippen LogP contribution < -0.4 is 0 Å². The van der Waals surface area contributed by atoms with Crippen molar-refractivity contribution in [3.8, 4) is 0 Å². The first-order valence-corrected chi connectivity index (χ1v) is 6.23. The van der Waals surface area contributed by atoms with E-state index < -0.39 is 6.10 Å². The first kappa shape index (κ1) is 13.3. The average molecular weight is 283 g/mol. The van der Waals surface area contributed by atoms with Crippen LogP contribution in [0.5, 0.6) is 0 Å². The zero-order valence-electron chi connectivity index (χ0n) is 9.77. The predicted molar refractivity (Wildman–Crippen MR) is 71.9 cm³/mol. The molecule has 0 aliphatic heterocycles. The first-order valence-electron chi connectivity index (χ1n) is 5.47. The van der Waals surface area contributed by atoms with Crippen LogP contribution in [0.2, 0.25) is 10.0 Å². The molecule has 1 atom stereocenters. The monoisotopic (exact) mass is 282 g/mol. The minimum atomic E-state index is -0.768. The molecule has 0 saturated carbocycles. The molecule has 0 amide bonds. The molecule has 0 radical (unpaired) electrons. The molecule has 0 bridgehead atoms. The first-order chi connectivity index (χ1) is 8.58. The summed E-state index contributed by atoms with van der Waals surface area (Å²) in [6.45, 7) is 1.84. The van der Waals surface area contributed by atoms with Gasteiger partial charge in [0.05, 0.1) is 17.6 Å². The van der Waals surface area contributed by atoms with Crippen LogP contribution in [-0.2, 0) is 6.42 Å². The third kappa shape index (κ3) is 2.99. The highest BCUT2D eigenvalue weighted by atomic mass is 35.5. The maximum atomic E-state index is 10.1. The molecule has 0 spiro atoms. The molecule has 1 aromatic heterocycles. The zero-order valence-corrected chi connectivity index (χ0v) is 11.3. The summed E-state index contributed by atoms with van der Waals surface area (Å²) in [6.07, 6.45) is 2.73. The molecule has 2 aromatic rings. The van der Waals surface area contributed by atoms with Crippen LogP contribution in [0, 0.1) is 6.92 Å². The van der Waals surface area contributed by atoms with Crippen molar-refractivity contribution in [1.82, 2.24) is 9.97 Å². The molecule has 0 aliphatic rings. The largest absolute Gasteiger partial charge is 0.386 e. The van der Waals surface area contributed by atoms with E-state index in [-0.39, 0.29) is 0 Å². The van der Waals surface area contributed by atoms with Gasteiger partial charge < -0.3 is 5.11 Å². The maximum absolute atomic E-state index is 10.1. The Morgan fingerprint density at radius 2 is 1.83 bits per heavy atom. The van der Waals surface area contributed by atoms with Crippen molar-refractivity contribution in [3.63, 3.8) is 0 Å². The zero-order chi connectivity index (χ0) is 13.1. The van der Waals surface area contributed by atoms with Gasteiger partial charge in [-0.25, -0.2) is 0 Å². The van der Waals surface area contributed by atoms with Gasteiger partial charge in [-0.2, -0.15) is 0 Å². The van der Waals surface area contributed by atoms with Crippen LogP contribution in [0.15, 0.2) is 30.6 Å². The van der Waals surface area contributed by atoms with Crippen LogP contribution in [0.3, 0.4) is 0 Å². The van der Waals surface area contributed by atoms with Crippen LogP contribution in [0.1, 0.15) is 23.1 Å². The lowest BCUT2D eigenvalue weighted by molar-refractivity contribution is 0.173. The summed E-state index contributed by atoms with van der Waals surface area (Å²) in [7, 11) is 0. The number of aryl methyl sites for hydroxylation is 1. The Hall–Kier alpha value is -1.16. The van der Waals surface area contributed by atoms with Crippen molar-refractivity contribution in [2.45, 2.75) is 19.4 Å². The smallest absolute Gasteiger partial charge is 0.102 e. The number of benzene rings is 1. The topological polar surface area (TPSA) is 46.0 Å². The third-order valence-electron chi connectivity index (χ3n) is 2.60. The van der Waals surface area contributed by atoms with Crippen LogP contribution in [0.4, 0.5) is 0 Å². The summed E-state index contributed by atoms with van der Waals surface area (Å²) in [6, 6.07) is 5.26. The second-order valence-electron chi connectivity index (χ2n) is 4.00. The van der Waals surface area contributed by atoms with E-state index in [0.717, 1.165) is 11.3 Å². The van der Waals surface area contributed by atoms with Crippen molar-refractivity contribution in [2.24, 2.45) is 0 Å². The molecule has 0 aliphatic carbocycles. The number of hydrogen-bond acceptors (Lipinski definition) is 3. The molecule has 18 heavy (non-hydrogen) atoms. The van der Waals surface area contributed by atoms with Crippen LogP contribution >= 0.6 is 23.2 Å². The van der Waals surface area contributed by atoms with E-state index in [1.807, 2.05) is 6.92 Å². The van der Waals surface area contributed by atoms with Crippen LogP contribution in [0.25, 0.3) is 0 Å². The van der Waals surface area contributed by atoms with E-state index in [1.165, 1.54) is 0 Å². The third-order valence-corrected chi connectivity index (χ3v) is 3.31. The highest BCUT2D eigenvalue weighted by Gasteiger charge is 2.14. The Bertz CT molecular complexity index is 523. The quantitative estimate of drug-likeness (QED) is 0.939. The highest BCUT2D eigenvalue weighted by molar-refractivity contribution is 6.35. The molecule has 1 N–H and O–H groups in total. The second kappa shape index (κ2) is 5.65. The van der Waals surface area contributed by atoms with Crippen molar-refractivity contribution in [3.05, 3.63) is 57.6 Å². The second-order valence-corrected chi connectivity index (χ2v) is 4.82. The molecule has 5 heteroatoms. The fourth-order valence-electron chi connectivity index (χ4n) is 1.60. The van der Waals surface area contributed by atoms with E-state index in [0.29, 0.717) is 22.2 Å². The Morgan fingerprint density at radius 1 is 1.17 bits per heavy atom. The Balaban J connectivity index is 2.21. The standard InChI is InChI=1S/C13H12Cl2N2O/c1-8-6-17-12(7-16-8)13(18)5-9-10(14)3-2-4-11(9)15/h2-4,6-7,13,18H,5H2,1H3. The molecule has 2 rings (SSSR count). The molecule has 1 aromatic carbocycles. The number of halogens is 2. The number of aromatic nitrogens is 2. The van der Waals surface area contributed by atoms with Gasteiger partial charge in [-0.15, -0.1) is 0 Å². The number of rotatable bonds is 3. The highest BCUT2D eigenvalue weighted by Crippen LogP contribution is 2.28. The Labute approximate surface area is 115 Å². The molecular weight excluding hydrogens is 271 g/mol. The molecular formula is C13H12Cl2N2O.